The summed E-state index contributed by atoms with van der Waals surface area (Å²) < 4.78 is 5.24. The lowest BCUT2D eigenvalue weighted by Crippen LogP contribution is -2.23. The maximum Gasteiger partial charge on any atom is 0.119 e. The van der Waals surface area contributed by atoms with Crippen molar-refractivity contribution >= 4 is 11.8 Å². The second kappa shape index (κ2) is 4.24. The van der Waals surface area contributed by atoms with E-state index in [4.69, 9.17) is 4.74 Å². The highest BCUT2D eigenvalue weighted by molar-refractivity contribution is 7.98. The molecule has 14 heavy (non-hydrogen) atoms. The molecule has 0 amide bonds. The number of hydrogen-bond donors (Lipinski definition) is 1. The van der Waals surface area contributed by atoms with Gasteiger partial charge in [0, 0.05) is 17.5 Å². The normalized spacial score (nSPS) is 20.3. The summed E-state index contributed by atoms with van der Waals surface area (Å²) in [5, 5.41) is 3.34. The van der Waals surface area contributed by atoms with Crippen LogP contribution in [0, 0.1) is 0 Å². The molecule has 1 aromatic rings. The Morgan fingerprint density at radius 2 is 2.36 bits per heavy atom. The van der Waals surface area contributed by atoms with Gasteiger partial charge in [-0.2, -0.15) is 11.8 Å². The van der Waals surface area contributed by atoms with Crippen molar-refractivity contribution in [3.8, 4) is 5.75 Å². The number of methoxy groups -OCH3 is 1. The highest BCUT2D eigenvalue weighted by Gasteiger charge is 2.19. The molecule has 0 radical (unpaired) electrons. The van der Waals surface area contributed by atoms with E-state index in [0.29, 0.717) is 6.04 Å². The van der Waals surface area contributed by atoms with Crippen molar-refractivity contribution in [1.29, 1.82) is 0 Å². The van der Waals surface area contributed by atoms with Gasteiger partial charge in [-0.1, -0.05) is 6.07 Å². The van der Waals surface area contributed by atoms with Crippen LogP contribution in [0.4, 0.5) is 0 Å². The summed E-state index contributed by atoms with van der Waals surface area (Å²) >= 11 is 1.98. The summed E-state index contributed by atoms with van der Waals surface area (Å²) in [7, 11) is 3.73. The van der Waals surface area contributed by atoms with E-state index in [1.807, 2.05) is 24.9 Å². The van der Waals surface area contributed by atoms with E-state index in [1.54, 1.807) is 7.11 Å². The van der Waals surface area contributed by atoms with Crippen LogP contribution in [0.25, 0.3) is 0 Å². The number of ether oxygens (including phenoxy) is 1. The number of benzene rings is 1. The third-order valence-electron chi connectivity index (χ3n) is 2.62. The molecule has 0 saturated carbocycles. The van der Waals surface area contributed by atoms with Crippen LogP contribution >= 0.6 is 11.8 Å². The molecule has 0 bridgehead atoms. The molecule has 0 spiro atoms. The lowest BCUT2D eigenvalue weighted by atomic mass is 10.0. The van der Waals surface area contributed by atoms with Crippen LogP contribution in [-0.4, -0.2) is 19.9 Å². The Balaban J connectivity index is 2.38. The van der Waals surface area contributed by atoms with Crippen LogP contribution in [0.2, 0.25) is 0 Å². The van der Waals surface area contributed by atoms with Crippen LogP contribution in [0.15, 0.2) is 18.2 Å². The van der Waals surface area contributed by atoms with Gasteiger partial charge in [0.1, 0.15) is 5.75 Å². The molecule has 1 heterocycles. The predicted molar refractivity (Wildman–Crippen MR) is 61.0 cm³/mol. The van der Waals surface area contributed by atoms with E-state index in [-0.39, 0.29) is 0 Å². The smallest absolute Gasteiger partial charge is 0.119 e. The van der Waals surface area contributed by atoms with E-state index in [2.05, 4.69) is 17.4 Å². The van der Waals surface area contributed by atoms with Crippen molar-refractivity contribution in [2.75, 3.05) is 19.9 Å². The molecule has 0 fully saturated rings. The van der Waals surface area contributed by atoms with Crippen LogP contribution < -0.4 is 10.1 Å². The third kappa shape index (κ3) is 1.74. The molecule has 1 aromatic carbocycles. The molecule has 0 aliphatic carbocycles. The molecule has 1 N–H and O–H groups in total. The van der Waals surface area contributed by atoms with Crippen LogP contribution in [0.3, 0.4) is 0 Å². The molecule has 3 heteroatoms. The van der Waals surface area contributed by atoms with Crippen LogP contribution in [0.1, 0.15) is 17.2 Å². The van der Waals surface area contributed by atoms with E-state index in [9.17, 15) is 0 Å². The summed E-state index contributed by atoms with van der Waals surface area (Å²) in [6.45, 7) is 0. The first-order chi connectivity index (χ1) is 6.85. The van der Waals surface area contributed by atoms with Gasteiger partial charge in [-0.3, -0.25) is 0 Å². The standard InChI is InChI=1S/C11H15NOS/c1-12-11-7-14-6-8-3-4-9(13-2)5-10(8)11/h3-5,11-12H,6-7H2,1-2H3. The fourth-order valence-corrected chi connectivity index (χ4v) is 2.95. The van der Waals surface area contributed by atoms with Crippen molar-refractivity contribution in [2.24, 2.45) is 0 Å². The predicted octanol–water partition coefficient (Wildman–Crippen LogP) is 2.20. The first-order valence-electron chi connectivity index (χ1n) is 4.77. The Morgan fingerprint density at radius 3 is 3.07 bits per heavy atom. The molecule has 0 saturated heterocycles. The van der Waals surface area contributed by atoms with Crippen molar-refractivity contribution in [2.45, 2.75) is 11.8 Å². The average Bonchev–Trinajstić information content (AvgIpc) is 2.27. The monoisotopic (exact) mass is 209 g/mol. The Morgan fingerprint density at radius 1 is 1.50 bits per heavy atom. The average molecular weight is 209 g/mol. The second-order valence-electron chi connectivity index (χ2n) is 3.42. The van der Waals surface area contributed by atoms with Crippen molar-refractivity contribution < 1.29 is 4.74 Å². The first-order valence-corrected chi connectivity index (χ1v) is 5.92. The molecule has 0 aromatic heterocycles. The Labute approximate surface area is 89.0 Å². The fourth-order valence-electron chi connectivity index (χ4n) is 1.77. The van der Waals surface area contributed by atoms with E-state index in [1.165, 1.54) is 11.1 Å². The summed E-state index contributed by atoms with van der Waals surface area (Å²) in [6.07, 6.45) is 0. The number of nitrogens with one attached hydrogen (secondary N) is 1. The highest BCUT2D eigenvalue weighted by Crippen LogP contribution is 2.33. The fraction of sp³-hybridized carbons (Fsp3) is 0.455. The van der Waals surface area contributed by atoms with E-state index >= 15 is 0 Å². The van der Waals surface area contributed by atoms with Crippen LogP contribution in [-0.2, 0) is 5.75 Å². The van der Waals surface area contributed by atoms with Crippen molar-refractivity contribution in [1.82, 2.24) is 5.32 Å². The summed E-state index contributed by atoms with van der Waals surface area (Å²) in [4.78, 5) is 0. The zero-order chi connectivity index (χ0) is 9.97. The number of rotatable bonds is 2. The summed E-state index contributed by atoms with van der Waals surface area (Å²) in [6, 6.07) is 6.83. The Kier molecular flexibility index (Phi) is 2.99. The van der Waals surface area contributed by atoms with Gasteiger partial charge in [-0.25, -0.2) is 0 Å². The number of hydrogen-bond acceptors (Lipinski definition) is 3. The molecule has 1 atom stereocenters. The molecule has 2 rings (SSSR count). The molecule has 1 unspecified atom stereocenters. The molecule has 1 aliphatic heterocycles. The maximum atomic E-state index is 5.24. The maximum absolute atomic E-state index is 5.24. The first kappa shape index (κ1) is 9.87. The quantitative estimate of drug-likeness (QED) is 0.807. The zero-order valence-electron chi connectivity index (χ0n) is 8.54. The van der Waals surface area contributed by atoms with Gasteiger partial charge in [0.15, 0.2) is 0 Å². The van der Waals surface area contributed by atoms with Gasteiger partial charge in [0.05, 0.1) is 7.11 Å². The molecule has 76 valence electrons. The van der Waals surface area contributed by atoms with E-state index in [0.717, 1.165) is 17.3 Å². The topological polar surface area (TPSA) is 21.3 Å². The van der Waals surface area contributed by atoms with Crippen LogP contribution in [0.5, 0.6) is 5.75 Å². The van der Waals surface area contributed by atoms with E-state index < -0.39 is 0 Å². The second-order valence-corrected chi connectivity index (χ2v) is 4.45. The van der Waals surface area contributed by atoms with Gasteiger partial charge in [0.25, 0.3) is 0 Å². The van der Waals surface area contributed by atoms with Gasteiger partial charge in [-0.15, -0.1) is 0 Å². The minimum Gasteiger partial charge on any atom is -0.497 e. The third-order valence-corrected chi connectivity index (χ3v) is 3.70. The van der Waals surface area contributed by atoms with Gasteiger partial charge in [0.2, 0.25) is 0 Å². The minimum atomic E-state index is 0.471. The Hall–Kier alpha value is -0.670. The lowest BCUT2D eigenvalue weighted by Gasteiger charge is -2.25. The molecular weight excluding hydrogens is 194 g/mol. The van der Waals surface area contributed by atoms with Gasteiger partial charge < -0.3 is 10.1 Å². The highest BCUT2D eigenvalue weighted by atomic mass is 32.2. The molecule has 2 nitrogen and oxygen atoms in total. The lowest BCUT2D eigenvalue weighted by molar-refractivity contribution is 0.413. The molecular formula is C11H15NOS. The zero-order valence-corrected chi connectivity index (χ0v) is 9.36. The number of thioether (sulfide) groups is 1. The number of fused-ring (bicyclic) bond motifs is 1. The van der Waals surface area contributed by atoms with Gasteiger partial charge in [-0.05, 0) is 30.3 Å². The van der Waals surface area contributed by atoms with Gasteiger partial charge >= 0.3 is 0 Å². The molecule has 1 aliphatic rings. The Bertz CT molecular complexity index is 327. The SMILES string of the molecule is CNC1CSCc2ccc(OC)cc21. The summed E-state index contributed by atoms with van der Waals surface area (Å²) in [5.74, 6) is 3.23. The summed E-state index contributed by atoms with van der Waals surface area (Å²) in [5.41, 5.74) is 2.83. The van der Waals surface area contributed by atoms with Crippen molar-refractivity contribution in [3.63, 3.8) is 0 Å². The minimum absolute atomic E-state index is 0.471. The van der Waals surface area contributed by atoms with Crippen molar-refractivity contribution in [3.05, 3.63) is 29.3 Å². The largest absolute Gasteiger partial charge is 0.497 e.